The van der Waals surface area contributed by atoms with Gasteiger partial charge in [0.05, 0.1) is 29.8 Å². The van der Waals surface area contributed by atoms with Crippen molar-refractivity contribution in [1.29, 1.82) is 0 Å². The third kappa shape index (κ3) is 2.81. The minimum atomic E-state index is -1.21. The zero-order valence-electron chi connectivity index (χ0n) is 21.1. The number of cyclic esters (lactones) is 1. The molecule has 0 aromatic rings. The molecule has 0 unspecified atom stereocenters. The first-order valence-electron chi connectivity index (χ1n) is 13.3. The van der Waals surface area contributed by atoms with E-state index in [-0.39, 0.29) is 60.3 Å². The van der Waals surface area contributed by atoms with E-state index in [1.165, 1.54) is 0 Å². The zero-order valence-corrected chi connectivity index (χ0v) is 21.1. The average molecular weight is 487 g/mol. The summed E-state index contributed by atoms with van der Waals surface area (Å²) in [5, 5.41) is 33.0. The monoisotopic (exact) mass is 486 g/mol. The van der Waals surface area contributed by atoms with Crippen LogP contribution in [0.25, 0.3) is 0 Å². The van der Waals surface area contributed by atoms with E-state index in [1.807, 2.05) is 13.8 Å². The third-order valence-corrected chi connectivity index (χ3v) is 11.6. The van der Waals surface area contributed by atoms with Crippen LogP contribution < -0.4 is 0 Å². The summed E-state index contributed by atoms with van der Waals surface area (Å²) in [5.74, 6) is -0.148. The molecule has 7 nitrogen and oxygen atoms in total. The second-order valence-corrected chi connectivity index (χ2v) is 12.6. The van der Waals surface area contributed by atoms with E-state index in [2.05, 4.69) is 13.8 Å². The molecule has 6 aliphatic rings. The number of esters is 1. The zero-order chi connectivity index (χ0) is 25.1. The maximum atomic E-state index is 13.3. The summed E-state index contributed by atoms with van der Waals surface area (Å²) in [5.41, 5.74) is -1.33. The van der Waals surface area contributed by atoms with Crippen LogP contribution in [0.3, 0.4) is 0 Å². The summed E-state index contributed by atoms with van der Waals surface area (Å²) >= 11 is 0. The fraction of sp³-hybridized carbons (Fsp3) is 0.786. The minimum absolute atomic E-state index is 0.0432. The van der Waals surface area contributed by atoms with E-state index in [1.54, 1.807) is 12.2 Å². The molecule has 2 aliphatic heterocycles. The fourth-order valence-electron chi connectivity index (χ4n) is 9.46. The van der Waals surface area contributed by atoms with Crippen molar-refractivity contribution in [2.45, 2.75) is 89.8 Å². The standard InChI is InChI=1S/C28H38O7/c1-13-10-19(34-25(32)15(13)12-29)14(2)16-7-8-17-22-18(11-21(31)26(16,17)3)27(4)20(30)6-5-9-28(27,33)24-23(22)35-24/h5-6,14,16-19,21-24,29,31,33H,7-12H2,1-4H3/t14-,16+,17-,18-,19-,21-,22-,23-,24-,26+,27-,28-/m0/s1. The van der Waals surface area contributed by atoms with Gasteiger partial charge in [-0.15, -0.1) is 0 Å². The molecule has 4 fully saturated rings. The Balaban J connectivity index is 1.32. The van der Waals surface area contributed by atoms with Crippen molar-refractivity contribution < 1.29 is 34.4 Å². The molecule has 4 aliphatic carbocycles. The van der Waals surface area contributed by atoms with Crippen molar-refractivity contribution >= 4 is 11.8 Å². The molecule has 0 aromatic heterocycles. The van der Waals surface area contributed by atoms with Crippen LogP contribution in [-0.2, 0) is 19.1 Å². The molecule has 2 heterocycles. The van der Waals surface area contributed by atoms with Crippen molar-refractivity contribution in [2.24, 2.45) is 40.4 Å². The topological polar surface area (TPSA) is 117 Å². The normalized spacial score (nSPS) is 53.3. The van der Waals surface area contributed by atoms with Crippen molar-refractivity contribution in [1.82, 2.24) is 0 Å². The molecule has 0 aromatic carbocycles. The lowest BCUT2D eigenvalue weighted by Gasteiger charge is -2.61. The number of epoxide rings is 1. The van der Waals surface area contributed by atoms with Crippen LogP contribution in [0.5, 0.6) is 0 Å². The predicted octanol–water partition coefficient (Wildman–Crippen LogP) is 2.32. The van der Waals surface area contributed by atoms with Gasteiger partial charge in [0.25, 0.3) is 0 Å². The van der Waals surface area contributed by atoms with Crippen LogP contribution in [0.1, 0.15) is 59.8 Å². The van der Waals surface area contributed by atoms with Crippen LogP contribution in [0, 0.1) is 40.4 Å². The number of hydrogen-bond donors (Lipinski definition) is 3. The maximum Gasteiger partial charge on any atom is 0.336 e. The lowest BCUT2D eigenvalue weighted by atomic mass is 9.43. The SMILES string of the molecule is CC1=C(CO)C(=O)O[C@H]([C@@H](C)[C@H]2CC[C@H]3[C@@H]4[C@@H]5O[C@@H]5[C@@]5(O)CC=CC(=O)[C@]5(C)[C@H]4C[C@H](O)[C@]23C)C1. The lowest BCUT2D eigenvalue weighted by molar-refractivity contribution is -0.201. The molecule has 192 valence electrons. The number of rotatable bonds is 3. The molecule has 0 spiro atoms. The van der Waals surface area contributed by atoms with Gasteiger partial charge in [-0.2, -0.15) is 0 Å². The van der Waals surface area contributed by atoms with Gasteiger partial charge >= 0.3 is 5.97 Å². The van der Waals surface area contributed by atoms with Crippen LogP contribution in [0.4, 0.5) is 0 Å². The number of allylic oxidation sites excluding steroid dienone is 1. The highest BCUT2D eigenvalue weighted by Gasteiger charge is 2.78. The average Bonchev–Trinajstić information content (AvgIpc) is 3.53. The highest BCUT2D eigenvalue weighted by Crippen LogP contribution is 2.71. The molecule has 7 heteroatoms. The molecule has 6 rings (SSSR count). The largest absolute Gasteiger partial charge is 0.458 e. The quantitative estimate of drug-likeness (QED) is 0.414. The number of ketones is 1. The Bertz CT molecular complexity index is 1030. The first-order valence-corrected chi connectivity index (χ1v) is 13.3. The first kappa shape index (κ1) is 23.8. The third-order valence-electron chi connectivity index (χ3n) is 11.6. The molecular weight excluding hydrogens is 448 g/mol. The van der Waals surface area contributed by atoms with Gasteiger partial charge in [-0.3, -0.25) is 4.79 Å². The number of fused-ring (bicyclic) bond motifs is 8. The predicted molar refractivity (Wildman–Crippen MR) is 126 cm³/mol. The Kier molecular flexibility index (Phi) is 5.11. The van der Waals surface area contributed by atoms with E-state index in [9.17, 15) is 24.9 Å². The van der Waals surface area contributed by atoms with Crippen LogP contribution in [0.2, 0.25) is 0 Å². The van der Waals surface area contributed by atoms with Gasteiger partial charge < -0.3 is 24.8 Å². The summed E-state index contributed by atoms with van der Waals surface area (Å²) in [6.07, 6.45) is 5.38. The highest BCUT2D eigenvalue weighted by atomic mass is 16.6. The molecule has 3 N–H and O–H groups in total. The molecule has 1 saturated heterocycles. The van der Waals surface area contributed by atoms with E-state index in [0.717, 1.165) is 18.4 Å². The minimum Gasteiger partial charge on any atom is -0.458 e. The summed E-state index contributed by atoms with van der Waals surface area (Å²) in [6, 6.07) is 0. The van der Waals surface area contributed by atoms with Gasteiger partial charge in [0.15, 0.2) is 5.78 Å². The lowest BCUT2D eigenvalue weighted by Crippen LogP contribution is -2.69. The smallest absolute Gasteiger partial charge is 0.336 e. The fourth-order valence-corrected chi connectivity index (χ4v) is 9.46. The van der Waals surface area contributed by atoms with Crippen LogP contribution in [0.15, 0.2) is 23.3 Å². The maximum absolute atomic E-state index is 13.3. The van der Waals surface area contributed by atoms with E-state index in [4.69, 9.17) is 9.47 Å². The molecule has 0 amide bonds. The van der Waals surface area contributed by atoms with Gasteiger partial charge in [-0.05, 0) is 80.6 Å². The van der Waals surface area contributed by atoms with Crippen molar-refractivity contribution in [3.05, 3.63) is 23.3 Å². The Labute approximate surface area is 206 Å². The molecule has 35 heavy (non-hydrogen) atoms. The Morgan fingerprint density at radius 2 is 1.94 bits per heavy atom. The van der Waals surface area contributed by atoms with Gasteiger partial charge in [0.1, 0.15) is 17.8 Å². The number of aliphatic hydroxyl groups excluding tert-OH is 2. The number of hydrogen-bond acceptors (Lipinski definition) is 7. The summed E-state index contributed by atoms with van der Waals surface area (Å²) in [6.45, 7) is 7.78. The number of carbonyl (C=O) groups is 2. The van der Waals surface area contributed by atoms with Gasteiger partial charge in [-0.1, -0.05) is 25.5 Å². The Morgan fingerprint density at radius 1 is 1.20 bits per heavy atom. The van der Waals surface area contributed by atoms with E-state index in [0.29, 0.717) is 24.8 Å². The molecule has 3 saturated carbocycles. The number of ether oxygens (including phenoxy) is 2. The molecular formula is C28H38O7. The second-order valence-electron chi connectivity index (χ2n) is 12.6. The van der Waals surface area contributed by atoms with Crippen molar-refractivity contribution in [2.75, 3.05) is 6.61 Å². The first-order chi connectivity index (χ1) is 16.5. The Hall–Kier alpha value is -1.54. The summed E-state index contributed by atoms with van der Waals surface area (Å²) in [4.78, 5) is 25.8. The summed E-state index contributed by atoms with van der Waals surface area (Å²) in [7, 11) is 0. The van der Waals surface area contributed by atoms with Gasteiger partial charge in [0, 0.05) is 6.42 Å². The van der Waals surface area contributed by atoms with Gasteiger partial charge in [-0.25, -0.2) is 4.79 Å². The molecule has 0 radical (unpaired) electrons. The van der Waals surface area contributed by atoms with Crippen molar-refractivity contribution in [3.63, 3.8) is 0 Å². The Morgan fingerprint density at radius 3 is 2.63 bits per heavy atom. The number of carbonyl (C=O) groups excluding carboxylic acids is 2. The van der Waals surface area contributed by atoms with Gasteiger partial charge in [0.2, 0.25) is 0 Å². The summed E-state index contributed by atoms with van der Waals surface area (Å²) < 4.78 is 12.0. The highest BCUT2D eigenvalue weighted by molar-refractivity contribution is 5.97. The van der Waals surface area contributed by atoms with Crippen LogP contribution in [-0.4, -0.2) is 63.7 Å². The van der Waals surface area contributed by atoms with E-state index < -0.39 is 28.5 Å². The number of aliphatic hydroxyl groups is 3. The molecule has 0 bridgehead atoms. The van der Waals surface area contributed by atoms with Crippen LogP contribution >= 0.6 is 0 Å². The second kappa shape index (κ2) is 7.50. The molecule has 12 atom stereocenters. The van der Waals surface area contributed by atoms with E-state index >= 15 is 0 Å². The van der Waals surface area contributed by atoms with Crippen molar-refractivity contribution in [3.8, 4) is 0 Å².